The van der Waals surface area contributed by atoms with E-state index < -0.39 is 0 Å². The molecule has 0 saturated carbocycles. The minimum absolute atomic E-state index is 0.365. The Morgan fingerprint density at radius 1 is 1.38 bits per heavy atom. The second kappa shape index (κ2) is 4.55. The van der Waals surface area contributed by atoms with E-state index in [9.17, 15) is 0 Å². The molecule has 1 aliphatic heterocycles. The zero-order valence-electron chi connectivity index (χ0n) is 8.94. The second-order valence-corrected chi connectivity index (χ2v) is 4.00. The zero-order valence-corrected chi connectivity index (χ0v) is 9.70. The highest BCUT2D eigenvalue weighted by molar-refractivity contribution is 6.68. The van der Waals surface area contributed by atoms with Gasteiger partial charge in [-0.25, -0.2) is 5.84 Å². The summed E-state index contributed by atoms with van der Waals surface area (Å²) in [6, 6.07) is 8.04. The average Bonchev–Trinajstić information content (AvgIpc) is 2.27. The maximum Gasteiger partial charge on any atom is 0.129 e. The molecular weight excluding hydrogens is 224 g/mol. The molecule has 1 aromatic carbocycles. The van der Waals surface area contributed by atoms with Crippen LogP contribution in [-0.2, 0) is 0 Å². The molecule has 0 atom stereocenters. The van der Waals surface area contributed by atoms with Crippen LogP contribution in [0.5, 0.6) is 0 Å². The van der Waals surface area contributed by atoms with Crippen molar-refractivity contribution in [2.45, 2.75) is 6.92 Å². The van der Waals surface area contributed by atoms with Gasteiger partial charge in [-0.2, -0.15) is 0 Å². The molecule has 4 nitrogen and oxygen atoms in total. The number of hydrogen-bond donors (Lipinski definition) is 2. The first-order chi connectivity index (χ1) is 7.65. The SMILES string of the molecule is Cc1ccc(NC2=CC(Cl)=NCN2N)cc1. The molecule has 2 rings (SSSR count). The Kier molecular flexibility index (Phi) is 3.12. The third-order valence-electron chi connectivity index (χ3n) is 2.26. The minimum atomic E-state index is 0.365. The molecule has 0 aromatic heterocycles. The Morgan fingerprint density at radius 2 is 2.06 bits per heavy atom. The molecule has 84 valence electrons. The number of hydrogen-bond acceptors (Lipinski definition) is 4. The maximum atomic E-state index is 5.82. The summed E-state index contributed by atoms with van der Waals surface area (Å²) in [5.41, 5.74) is 2.19. The van der Waals surface area contributed by atoms with Crippen LogP contribution >= 0.6 is 11.6 Å². The number of nitrogens with two attached hydrogens (primary N) is 1. The fourth-order valence-corrected chi connectivity index (χ4v) is 1.51. The van der Waals surface area contributed by atoms with Crippen LogP contribution in [0.3, 0.4) is 0 Å². The number of rotatable bonds is 2. The Bertz CT molecular complexity index is 436. The van der Waals surface area contributed by atoms with Gasteiger partial charge in [0.2, 0.25) is 0 Å². The Balaban J connectivity index is 2.15. The van der Waals surface area contributed by atoms with Crippen LogP contribution in [0, 0.1) is 6.92 Å². The highest BCUT2D eigenvalue weighted by atomic mass is 35.5. The standard InChI is InChI=1S/C11H13ClN4/c1-8-2-4-9(5-3-8)15-11-6-10(12)14-7-16(11)13/h2-6,15H,7,13H2,1H3. The summed E-state index contributed by atoms with van der Waals surface area (Å²) in [5.74, 6) is 6.50. The van der Waals surface area contributed by atoms with Crippen LogP contribution in [0.25, 0.3) is 0 Å². The van der Waals surface area contributed by atoms with Crippen molar-refractivity contribution in [1.29, 1.82) is 0 Å². The van der Waals surface area contributed by atoms with Crippen LogP contribution in [0.2, 0.25) is 0 Å². The van der Waals surface area contributed by atoms with Gasteiger partial charge in [0.05, 0.1) is 0 Å². The summed E-state index contributed by atoms with van der Waals surface area (Å²) in [6.45, 7) is 2.41. The van der Waals surface area contributed by atoms with Crippen molar-refractivity contribution in [3.8, 4) is 0 Å². The van der Waals surface area contributed by atoms with Gasteiger partial charge in [0.1, 0.15) is 17.7 Å². The predicted molar refractivity (Wildman–Crippen MR) is 67.1 cm³/mol. The number of nitrogens with one attached hydrogen (secondary N) is 1. The van der Waals surface area contributed by atoms with Crippen LogP contribution in [0.1, 0.15) is 5.56 Å². The fraction of sp³-hybridized carbons (Fsp3) is 0.182. The van der Waals surface area contributed by atoms with Crippen LogP contribution in [0.15, 0.2) is 41.2 Å². The summed E-state index contributed by atoms with van der Waals surface area (Å²) in [4.78, 5) is 3.98. The van der Waals surface area contributed by atoms with Gasteiger partial charge >= 0.3 is 0 Å². The minimum Gasteiger partial charge on any atom is -0.341 e. The quantitative estimate of drug-likeness (QED) is 0.773. The number of benzene rings is 1. The second-order valence-electron chi connectivity index (χ2n) is 3.61. The number of allylic oxidation sites excluding steroid dienone is 1. The zero-order chi connectivity index (χ0) is 11.5. The third kappa shape index (κ3) is 2.53. The molecule has 0 spiro atoms. The normalized spacial score (nSPS) is 15.6. The van der Waals surface area contributed by atoms with E-state index in [1.807, 2.05) is 31.2 Å². The van der Waals surface area contributed by atoms with E-state index in [1.165, 1.54) is 10.6 Å². The van der Waals surface area contributed by atoms with Gasteiger partial charge in [-0.05, 0) is 19.1 Å². The molecule has 0 saturated heterocycles. The maximum absolute atomic E-state index is 5.82. The van der Waals surface area contributed by atoms with Crippen molar-refractivity contribution in [2.75, 3.05) is 12.0 Å². The van der Waals surface area contributed by atoms with E-state index in [1.54, 1.807) is 6.08 Å². The lowest BCUT2D eigenvalue weighted by atomic mass is 10.2. The lowest BCUT2D eigenvalue weighted by Crippen LogP contribution is -2.36. The molecule has 0 aliphatic carbocycles. The summed E-state index contributed by atoms with van der Waals surface area (Å²) in [7, 11) is 0. The summed E-state index contributed by atoms with van der Waals surface area (Å²) < 4.78 is 0. The van der Waals surface area contributed by atoms with E-state index in [0.717, 1.165) is 11.5 Å². The van der Waals surface area contributed by atoms with Crippen LogP contribution in [0.4, 0.5) is 5.69 Å². The Hall–Kier alpha value is -1.52. The lowest BCUT2D eigenvalue weighted by Gasteiger charge is -2.24. The van der Waals surface area contributed by atoms with Gasteiger partial charge in [0.15, 0.2) is 0 Å². The molecule has 1 aliphatic rings. The van der Waals surface area contributed by atoms with Gasteiger partial charge < -0.3 is 5.32 Å². The summed E-state index contributed by atoms with van der Waals surface area (Å²) in [5, 5.41) is 5.15. The predicted octanol–water partition coefficient (Wildman–Crippen LogP) is 2.03. The highest BCUT2D eigenvalue weighted by Gasteiger charge is 2.10. The van der Waals surface area contributed by atoms with Crippen molar-refractivity contribution < 1.29 is 0 Å². The molecule has 1 aromatic rings. The average molecular weight is 237 g/mol. The van der Waals surface area contributed by atoms with Crippen molar-refractivity contribution in [2.24, 2.45) is 10.8 Å². The number of hydrazine groups is 1. The lowest BCUT2D eigenvalue weighted by molar-refractivity contribution is 0.372. The largest absolute Gasteiger partial charge is 0.341 e. The van der Waals surface area contributed by atoms with Crippen LogP contribution in [-0.4, -0.2) is 16.8 Å². The summed E-state index contributed by atoms with van der Waals surface area (Å²) >= 11 is 5.82. The molecule has 5 heteroatoms. The van der Waals surface area contributed by atoms with E-state index in [0.29, 0.717) is 11.8 Å². The first kappa shape index (κ1) is 11.0. The Morgan fingerprint density at radius 3 is 2.75 bits per heavy atom. The van der Waals surface area contributed by atoms with E-state index in [4.69, 9.17) is 17.4 Å². The van der Waals surface area contributed by atoms with Gasteiger partial charge in [-0.3, -0.25) is 10.0 Å². The highest BCUT2D eigenvalue weighted by Crippen LogP contribution is 2.14. The van der Waals surface area contributed by atoms with Crippen molar-refractivity contribution >= 4 is 22.5 Å². The first-order valence-corrected chi connectivity index (χ1v) is 5.30. The van der Waals surface area contributed by atoms with E-state index in [2.05, 4.69) is 10.3 Å². The number of aryl methyl sites for hydroxylation is 1. The molecule has 1 heterocycles. The third-order valence-corrected chi connectivity index (χ3v) is 2.49. The number of halogens is 1. The van der Waals surface area contributed by atoms with Crippen molar-refractivity contribution in [1.82, 2.24) is 5.01 Å². The Labute approximate surface area is 99.4 Å². The van der Waals surface area contributed by atoms with Gasteiger partial charge in [-0.1, -0.05) is 29.3 Å². The monoisotopic (exact) mass is 236 g/mol. The van der Waals surface area contributed by atoms with Crippen molar-refractivity contribution in [3.63, 3.8) is 0 Å². The van der Waals surface area contributed by atoms with E-state index in [-0.39, 0.29) is 0 Å². The number of anilines is 1. The van der Waals surface area contributed by atoms with Gasteiger partial charge in [-0.15, -0.1) is 0 Å². The van der Waals surface area contributed by atoms with Gasteiger partial charge in [0, 0.05) is 11.8 Å². The van der Waals surface area contributed by atoms with Gasteiger partial charge in [0.25, 0.3) is 0 Å². The number of aliphatic imine (C=N–C) groups is 1. The molecule has 0 bridgehead atoms. The smallest absolute Gasteiger partial charge is 0.129 e. The topological polar surface area (TPSA) is 53.7 Å². The molecule has 3 N–H and O–H groups in total. The molecule has 0 amide bonds. The first-order valence-electron chi connectivity index (χ1n) is 4.93. The van der Waals surface area contributed by atoms with Crippen LogP contribution < -0.4 is 11.2 Å². The molecular formula is C11H13ClN4. The molecule has 0 fully saturated rings. The number of nitrogens with zero attached hydrogens (tertiary/aromatic N) is 2. The molecule has 0 unspecified atom stereocenters. The fourth-order valence-electron chi connectivity index (χ4n) is 1.35. The molecule has 16 heavy (non-hydrogen) atoms. The summed E-state index contributed by atoms with van der Waals surface area (Å²) in [6.07, 6.45) is 1.70. The molecule has 0 radical (unpaired) electrons. The van der Waals surface area contributed by atoms with Crippen molar-refractivity contribution in [3.05, 3.63) is 41.7 Å². The van der Waals surface area contributed by atoms with E-state index >= 15 is 0 Å².